The summed E-state index contributed by atoms with van der Waals surface area (Å²) in [4.78, 5) is 27.9. The van der Waals surface area contributed by atoms with E-state index in [0.717, 1.165) is 22.2 Å². The second kappa shape index (κ2) is 7.69. The van der Waals surface area contributed by atoms with E-state index in [2.05, 4.69) is 10.3 Å². The molecule has 0 aliphatic heterocycles. The molecule has 0 fully saturated rings. The first-order valence-electron chi connectivity index (χ1n) is 8.80. The van der Waals surface area contributed by atoms with Crippen LogP contribution in [-0.2, 0) is 19.6 Å². The number of fused-ring (bicyclic) bond motifs is 1. The summed E-state index contributed by atoms with van der Waals surface area (Å²) in [5.41, 5.74) is 3.68. The van der Waals surface area contributed by atoms with Gasteiger partial charge in [-0.15, -0.1) is 0 Å². The van der Waals surface area contributed by atoms with Gasteiger partial charge in [0.2, 0.25) is 10.0 Å². The van der Waals surface area contributed by atoms with Gasteiger partial charge >= 0.3 is 5.97 Å². The zero-order valence-corrected chi connectivity index (χ0v) is 17.0. The van der Waals surface area contributed by atoms with Crippen LogP contribution in [0.4, 0.5) is 5.69 Å². The first-order chi connectivity index (χ1) is 13.6. The van der Waals surface area contributed by atoms with Gasteiger partial charge in [-0.1, -0.05) is 0 Å². The Hall–Kier alpha value is -3.17. The molecule has 0 aliphatic carbocycles. The predicted octanol–water partition coefficient (Wildman–Crippen LogP) is 2.62. The number of carbonyl (C=O) groups is 2. The van der Waals surface area contributed by atoms with Crippen molar-refractivity contribution >= 4 is 38.5 Å². The fourth-order valence-electron chi connectivity index (χ4n) is 2.84. The lowest BCUT2D eigenvalue weighted by Crippen LogP contribution is -2.30. The Morgan fingerprint density at radius 2 is 1.76 bits per heavy atom. The van der Waals surface area contributed by atoms with Gasteiger partial charge in [-0.3, -0.25) is 4.79 Å². The zero-order chi connectivity index (χ0) is 21.3. The monoisotopic (exact) mass is 415 g/mol. The summed E-state index contributed by atoms with van der Waals surface area (Å²) in [6, 6.07) is 10.5. The standard InChI is InChI=1S/C20H21N3O5S/c1-11-12(2)22-18-9-4-14(10-17(11)18)20(25)28-13(3)19(24)23-15-5-7-16(8-6-15)29(21,26)27/h4-10,13,22H,1-3H3,(H,23,24)(H2,21,26,27). The number of hydrogen-bond acceptors (Lipinski definition) is 5. The molecule has 1 heterocycles. The number of sulfonamides is 1. The van der Waals surface area contributed by atoms with Crippen LogP contribution in [0.15, 0.2) is 47.4 Å². The van der Waals surface area contributed by atoms with Crippen molar-refractivity contribution in [3.63, 3.8) is 0 Å². The molecule has 3 rings (SSSR count). The molecule has 4 N–H and O–H groups in total. The number of rotatable bonds is 5. The molecule has 8 nitrogen and oxygen atoms in total. The summed E-state index contributed by atoms with van der Waals surface area (Å²) in [6.45, 7) is 5.37. The number of aromatic nitrogens is 1. The Morgan fingerprint density at radius 3 is 2.38 bits per heavy atom. The number of aryl methyl sites for hydroxylation is 2. The quantitative estimate of drug-likeness (QED) is 0.551. The number of H-pyrrole nitrogens is 1. The minimum atomic E-state index is -3.81. The van der Waals surface area contributed by atoms with Gasteiger partial charge in [0.05, 0.1) is 10.5 Å². The smallest absolute Gasteiger partial charge is 0.338 e. The van der Waals surface area contributed by atoms with Crippen LogP contribution < -0.4 is 10.5 Å². The maximum absolute atomic E-state index is 12.4. The molecule has 152 valence electrons. The molecule has 0 saturated heterocycles. The lowest BCUT2D eigenvalue weighted by atomic mass is 10.1. The molecule has 0 aliphatic rings. The highest BCUT2D eigenvalue weighted by molar-refractivity contribution is 7.89. The molecule has 3 aromatic rings. The highest BCUT2D eigenvalue weighted by Gasteiger charge is 2.20. The average molecular weight is 415 g/mol. The number of ether oxygens (including phenoxy) is 1. The number of aromatic amines is 1. The van der Waals surface area contributed by atoms with E-state index in [1.807, 2.05) is 13.8 Å². The number of amides is 1. The molecular weight excluding hydrogens is 394 g/mol. The van der Waals surface area contributed by atoms with Crippen LogP contribution in [0.1, 0.15) is 28.5 Å². The normalized spacial score (nSPS) is 12.6. The first kappa shape index (κ1) is 20.6. The molecule has 0 saturated carbocycles. The molecule has 29 heavy (non-hydrogen) atoms. The lowest BCUT2D eigenvalue weighted by molar-refractivity contribution is -0.123. The molecule has 1 unspecified atom stereocenters. The van der Waals surface area contributed by atoms with E-state index >= 15 is 0 Å². The number of nitrogens with two attached hydrogens (primary N) is 1. The van der Waals surface area contributed by atoms with Gasteiger partial charge in [0, 0.05) is 22.3 Å². The van der Waals surface area contributed by atoms with Crippen molar-refractivity contribution in [2.24, 2.45) is 5.14 Å². The molecule has 1 atom stereocenters. The van der Waals surface area contributed by atoms with E-state index < -0.39 is 28.0 Å². The van der Waals surface area contributed by atoms with Crippen molar-refractivity contribution < 1.29 is 22.7 Å². The Labute approximate surface area is 168 Å². The summed E-state index contributed by atoms with van der Waals surface area (Å²) in [7, 11) is -3.81. The van der Waals surface area contributed by atoms with Gasteiger partial charge in [-0.05, 0) is 68.8 Å². The van der Waals surface area contributed by atoms with Crippen LogP contribution in [-0.4, -0.2) is 31.4 Å². The molecule has 1 aromatic heterocycles. The Bertz CT molecular complexity index is 1200. The number of benzene rings is 2. The number of esters is 1. The number of anilines is 1. The summed E-state index contributed by atoms with van der Waals surface area (Å²) in [5.74, 6) is -1.16. The third-order valence-electron chi connectivity index (χ3n) is 4.65. The van der Waals surface area contributed by atoms with Crippen molar-refractivity contribution in [3.05, 3.63) is 59.3 Å². The van der Waals surface area contributed by atoms with Crippen LogP contribution in [0, 0.1) is 13.8 Å². The van der Waals surface area contributed by atoms with Crippen molar-refractivity contribution in [2.75, 3.05) is 5.32 Å². The molecule has 2 aromatic carbocycles. The summed E-state index contributed by atoms with van der Waals surface area (Å²) in [5, 5.41) is 8.52. The van der Waals surface area contributed by atoms with Gasteiger partial charge in [0.25, 0.3) is 5.91 Å². The van der Waals surface area contributed by atoms with Gasteiger partial charge in [-0.25, -0.2) is 18.4 Å². The number of carbonyl (C=O) groups excluding carboxylic acids is 2. The van der Waals surface area contributed by atoms with Crippen molar-refractivity contribution in [3.8, 4) is 0 Å². The van der Waals surface area contributed by atoms with Gasteiger partial charge in [-0.2, -0.15) is 0 Å². The first-order valence-corrected chi connectivity index (χ1v) is 10.3. The maximum atomic E-state index is 12.4. The topological polar surface area (TPSA) is 131 Å². The highest BCUT2D eigenvalue weighted by Crippen LogP contribution is 2.23. The van der Waals surface area contributed by atoms with Gasteiger partial charge in [0.15, 0.2) is 6.10 Å². The molecule has 0 radical (unpaired) electrons. The van der Waals surface area contributed by atoms with Crippen molar-refractivity contribution in [1.29, 1.82) is 0 Å². The van der Waals surface area contributed by atoms with E-state index in [1.54, 1.807) is 18.2 Å². The second-order valence-electron chi connectivity index (χ2n) is 6.74. The van der Waals surface area contributed by atoms with E-state index in [4.69, 9.17) is 9.88 Å². The van der Waals surface area contributed by atoms with E-state index in [0.29, 0.717) is 11.3 Å². The van der Waals surface area contributed by atoms with Crippen molar-refractivity contribution in [1.82, 2.24) is 4.98 Å². The lowest BCUT2D eigenvalue weighted by Gasteiger charge is -2.14. The van der Waals surface area contributed by atoms with E-state index in [-0.39, 0.29) is 4.90 Å². The van der Waals surface area contributed by atoms with Crippen LogP contribution in [0.3, 0.4) is 0 Å². The SMILES string of the molecule is Cc1[nH]c2ccc(C(=O)OC(C)C(=O)Nc3ccc(S(N)(=O)=O)cc3)cc2c1C. The molecule has 9 heteroatoms. The highest BCUT2D eigenvalue weighted by atomic mass is 32.2. The second-order valence-corrected chi connectivity index (χ2v) is 8.30. The Balaban J connectivity index is 1.67. The number of primary sulfonamides is 1. The van der Waals surface area contributed by atoms with Crippen LogP contribution in [0.5, 0.6) is 0 Å². The fraction of sp³-hybridized carbons (Fsp3) is 0.200. The van der Waals surface area contributed by atoms with E-state index in [9.17, 15) is 18.0 Å². The Kier molecular flexibility index (Phi) is 5.45. The molecule has 1 amide bonds. The van der Waals surface area contributed by atoms with Gasteiger partial charge in [0.1, 0.15) is 0 Å². The zero-order valence-electron chi connectivity index (χ0n) is 16.1. The maximum Gasteiger partial charge on any atom is 0.338 e. The molecule has 0 spiro atoms. The van der Waals surface area contributed by atoms with Crippen LogP contribution >= 0.6 is 0 Å². The average Bonchev–Trinajstić information content (AvgIpc) is 2.95. The summed E-state index contributed by atoms with van der Waals surface area (Å²) >= 11 is 0. The minimum absolute atomic E-state index is 0.0688. The van der Waals surface area contributed by atoms with E-state index in [1.165, 1.54) is 31.2 Å². The fourth-order valence-corrected chi connectivity index (χ4v) is 3.36. The molecular formula is C20H21N3O5S. The van der Waals surface area contributed by atoms with Crippen LogP contribution in [0.2, 0.25) is 0 Å². The van der Waals surface area contributed by atoms with Crippen molar-refractivity contribution in [2.45, 2.75) is 31.8 Å². The summed E-state index contributed by atoms with van der Waals surface area (Å²) in [6.07, 6.45) is -1.05. The Morgan fingerprint density at radius 1 is 1.10 bits per heavy atom. The van der Waals surface area contributed by atoms with Crippen LogP contribution in [0.25, 0.3) is 10.9 Å². The minimum Gasteiger partial charge on any atom is -0.449 e. The third kappa shape index (κ3) is 4.47. The largest absolute Gasteiger partial charge is 0.449 e. The number of hydrogen-bond donors (Lipinski definition) is 3. The molecule has 0 bridgehead atoms. The van der Waals surface area contributed by atoms with Gasteiger partial charge < -0.3 is 15.0 Å². The number of nitrogens with one attached hydrogen (secondary N) is 2. The third-order valence-corrected chi connectivity index (χ3v) is 5.58. The predicted molar refractivity (Wildman–Crippen MR) is 109 cm³/mol. The summed E-state index contributed by atoms with van der Waals surface area (Å²) < 4.78 is 27.8.